The fraction of sp³-hybridized carbons (Fsp3) is 0.692. The second-order valence-corrected chi connectivity index (χ2v) is 4.32. The van der Waals surface area contributed by atoms with Crippen LogP contribution in [0.15, 0.2) is 6.20 Å². The van der Waals surface area contributed by atoms with Gasteiger partial charge in [-0.05, 0) is 7.05 Å². The smallest absolute Gasteiger partial charge is 0.225 e. The Labute approximate surface area is 114 Å². The Bertz CT molecular complexity index is 406. The molecule has 0 aliphatic carbocycles. The lowest BCUT2D eigenvalue weighted by atomic mass is 10.3. The summed E-state index contributed by atoms with van der Waals surface area (Å²) in [5, 5.41) is 2.13. The van der Waals surface area contributed by atoms with Crippen molar-refractivity contribution >= 4 is 5.95 Å². The van der Waals surface area contributed by atoms with E-state index in [1.807, 2.05) is 27.1 Å². The molecule has 6 nitrogen and oxygen atoms in total. The zero-order valence-electron chi connectivity index (χ0n) is 12.0. The Morgan fingerprint density at radius 1 is 1.21 bits per heavy atom. The molecule has 0 bridgehead atoms. The van der Waals surface area contributed by atoms with E-state index in [1.54, 1.807) is 0 Å². The van der Waals surface area contributed by atoms with Crippen LogP contribution in [-0.2, 0) is 17.8 Å². The van der Waals surface area contributed by atoms with Crippen molar-refractivity contribution < 1.29 is 4.74 Å². The molecule has 0 saturated carbocycles. The average molecular weight is 265 g/mol. The number of nitrogens with one attached hydrogen (secondary N) is 1. The molecule has 3 heterocycles. The third kappa shape index (κ3) is 3.20. The van der Waals surface area contributed by atoms with Gasteiger partial charge in [0, 0.05) is 31.4 Å². The fourth-order valence-corrected chi connectivity index (χ4v) is 2.22. The van der Waals surface area contributed by atoms with Crippen molar-refractivity contribution in [2.24, 2.45) is 0 Å². The summed E-state index contributed by atoms with van der Waals surface area (Å²) in [5.41, 5.74) is 5.50. The molecule has 2 aliphatic rings. The van der Waals surface area contributed by atoms with Crippen molar-refractivity contribution in [2.45, 2.75) is 26.9 Å². The van der Waals surface area contributed by atoms with E-state index in [-0.39, 0.29) is 0 Å². The predicted molar refractivity (Wildman–Crippen MR) is 74.7 cm³/mol. The van der Waals surface area contributed by atoms with E-state index < -0.39 is 0 Å². The minimum absolute atomic E-state index is 0.767. The van der Waals surface area contributed by atoms with Crippen molar-refractivity contribution in [1.82, 2.24) is 20.4 Å². The number of hydrogen-bond acceptors (Lipinski definition) is 6. The van der Waals surface area contributed by atoms with Gasteiger partial charge < -0.3 is 9.64 Å². The number of morpholine rings is 1. The number of rotatable bonds is 2. The number of nitrogens with zero attached hydrogens (tertiary/aromatic N) is 4. The van der Waals surface area contributed by atoms with Crippen LogP contribution in [0.25, 0.3) is 0 Å². The highest BCUT2D eigenvalue weighted by Gasteiger charge is 2.22. The van der Waals surface area contributed by atoms with Gasteiger partial charge in [-0.1, -0.05) is 13.8 Å². The normalized spacial score (nSPS) is 18.8. The first-order valence-corrected chi connectivity index (χ1v) is 6.96. The molecule has 106 valence electrons. The van der Waals surface area contributed by atoms with Crippen LogP contribution in [0.1, 0.15) is 25.1 Å². The zero-order chi connectivity index (χ0) is 13.7. The molecule has 1 N–H and O–H groups in total. The van der Waals surface area contributed by atoms with E-state index in [4.69, 9.17) is 4.74 Å². The number of aromatic nitrogens is 2. The number of hydrogen-bond donors (Lipinski definition) is 1. The number of ether oxygens (including phenoxy) is 1. The zero-order valence-corrected chi connectivity index (χ0v) is 12.0. The van der Waals surface area contributed by atoms with Crippen molar-refractivity contribution in [1.29, 1.82) is 0 Å². The minimum Gasteiger partial charge on any atom is -0.378 e. The fourth-order valence-electron chi connectivity index (χ4n) is 2.22. The summed E-state index contributed by atoms with van der Waals surface area (Å²) in [6.45, 7) is 9.04. The van der Waals surface area contributed by atoms with Crippen molar-refractivity contribution in [3.05, 3.63) is 17.5 Å². The predicted octanol–water partition coefficient (Wildman–Crippen LogP) is 0.789. The maximum atomic E-state index is 5.33. The Balaban J connectivity index is 0.000000637. The van der Waals surface area contributed by atoms with Gasteiger partial charge in [0.25, 0.3) is 0 Å². The summed E-state index contributed by atoms with van der Waals surface area (Å²) in [6, 6.07) is 0. The molecule has 1 aromatic heterocycles. The molecule has 0 unspecified atom stereocenters. The molecule has 1 fully saturated rings. The van der Waals surface area contributed by atoms with Crippen LogP contribution < -0.4 is 10.3 Å². The molecule has 0 spiro atoms. The van der Waals surface area contributed by atoms with Crippen LogP contribution in [0.3, 0.4) is 0 Å². The Hall–Kier alpha value is -1.24. The maximum Gasteiger partial charge on any atom is 0.225 e. The van der Waals surface area contributed by atoms with Gasteiger partial charge in [0.05, 0.1) is 25.5 Å². The Morgan fingerprint density at radius 2 is 1.95 bits per heavy atom. The standard InChI is InChI=1S/C11H17N5O.C2H6/c1-12-16-7-9-6-13-11(14-10(9)8-16)15-2-4-17-5-3-15;1-2/h6,12H,2-5,7-8H2,1H3;1-2H3. The van der Waals surface area contributed by atoms with E-state index in [2.05, 4.69) is 25.3 Å². The average Bonchev–Trinajstić information content (AvgIpc) is 2.92. The minimum atomic E-state index is 0.767. The van der Waals surface area contributed by atoms with Crippen LogP contribution >= 0.6 is 0 Å². The molecule has 3 rings (SSSR count). The quantitative estimate of drug-likeness (QED) is 0.853. The van der Waals surface area contributed by atoms with Gasteiger partial charge in [-0.15, -0.1) is 0 Å². The monoisotopic (exact) mass is 265 g/mol. The van der Waals surface area contributed by atoms with E-state index >= 15 is 0 Å². The summed E-state index contributed by atoms with van der Waals surface area (Å²) >= 11 is 0. The van der Waals surface area contributed by atoms with Crippen LogP contribution in [0.4, 0.5) is 5.95 Å². The van der Waals surface area contributed by atoms with Crippen LogP contribution in [0.2, 0.25) is 0 Å². The van der Waals surface area contributed by atoms with Gasteiger partial charge in [0.15, 0.2) is 0 Å². The molecule has 0 atom stereocenters. The van der Waals surface area contributed by atoms with Crippen LogP contribution in [0, 0.1) is 0 Å². The van der Waals surface area contributed by atoms with Gasteiger partial charge in [0.1, 0.15) is 0 Å². The van der Waals surface area contributed by atoms with Gasteiger partial charge in [0.2, 0.25) is 5.95 Å². The summed E-state index contributed by atoms with van der Waals surface area (Å²) in [7, 11) is 1.93. The maximum absolute atomic E-state index is 5.33. The molecule has 1 saturated heterocycles. The first kappa shape index (κ1) is 14.2. The van der Waals surface area contributed by atoms with Gasteiger partial charge >= 0.3 is 0 Å². The molecule has 0 amide bonds. The first-order chi connectivity index (χ1) is 9.36. The lowest BCUT2D eigenvalue weighted by molar-refractivity contribution is 0.122. The number of hydrazine groups is 1. The Kier molecular flexibility index (Phi) is 5.07. The number of fused-ring (bicyclic) bond motifs is 1. The van der Waals surface area contributed by atoms with E-state index in [9.17, 15) is 0 Å². The highest BCUT2D eigenvalue weighted by Crippen LogP contribution is 2.20. The third-order valence-corrected chi connectivity index (χ3v) is 3.25. The van der Waals surface area contributed by atoms with Gasteiger partial charge in [-0.25, -0.2) is 15.0 Å². The van der Waals surface area contributed by atoms with E-state index in [1.165, 1.54) is 5.56 Å². The van der Waals surface area contributed by atoms with Crippen molar-refractivity contribution in [2.75, 3.05) is 38.3 Å². The SMILES string of the molecule is CC.CNN1Cc2cnc(N3CCOCC3)nc2C1. The summed E-state index contributed by atoms with van der Waals surface area (Å²) in [5.74, 6) is 0.838. The molecule has 2 aliphatic heterocycles. The highest BCUT2D eigenvalue weighted by molar-refractivity contribution is 5.34. The van der Waals surface area contributed by atoms with E-state index in [0.717, 1.165) is 51.0 Å². The molecule has 0 aromatic carbocycles. The second-order valence-electron chi connectivity index (χ2n) is 4.32. The third-order valence-electron chi connectivity index (χ3n) is 3.25. The second kappa shape index (κ2) is 6.79. The summed E-state index contributed by atoms with van der Waals surface area (Å²) in [4.78, 5) is 11.3. The van der Waals surface area contributed by atoms with Crippen molar-refractivity contribution in [3.63, 3.8) is 0 Å². The van der Waals surface area contributed by atoms with Crippen LogP contribution in [0.5, 0.6) is 0 Å². The highest BCUT2D eigenvalue weighted by atomic mass is 16.5. The molecular formula is C13H23N5O. The van der Waals surface area contributed by atoms with Gasteiger partial charge in [-0.2, -0.15) is 0 Å². The van der Waals surface area contributed by atoms with E-state index in [0.29, 0.717) is 0 Å². The largest absolute Gasteiger partial charge is 0.378 e. The van der Waals surface area contributed by atoms with Gasteiger partial charge in [-0.3, -0.25) is 5.43 Å². The van der Waals surface area contributed by atoms with Crippen molar-refractivity contribution in [3.8, 4) is 0 Å². The topological polar surface area (TPSA) is 53.5 Å². The van der Waals surface area contributed by atoms with Crippen LogP contribution in [-0.4, -0.2) is 48.3 Å². The molecule has 19 heavy (non-hydrogen) atoms. The number of anilines is 1. The Morgan fingerprint density at radius 3 is 2.63 bits per heavy atom. The lowest BCUT2D eigenvalue weighted by Gasteiger charge is -2.26. The first-order valence-electron chi connectivity index (χ1n) is 6.96. The summed E-state index contributed by atoms with van der Waals surface area (Å²) < 4.78 is 5.33. The molecule has 6 heteroatoms. The molecular weight excluding hydrogens is 242 g/mol. The molecule has 0 radical (unpaired) electrons. The molecule has 1 aromatic rings. The lowest BCUT2D eigenvalue weighted by Crippen LogP contribution is -2.37. The summed E-state index contributed by atoms with van der Waals surface area (Å²) in [6.07, 6.45) is 1.95.